The lowest BCUT2D eigenvalue weighted by Gasteiger charge is -2.00. The highest BCUT2D eigenvalue weighted by Gasteiger charge is 2.09. The Balaban J connectivity index is 1.79. The molecule has 0 N–H and O–H groups in total. The molecule has 0 aliphatic carbocycles. The molecule has 1 aromatic heterocycles. The summed E-state index contributed by atoms with van der Waals surface area (Å²) in [6.45, 7) is 2.19. The summed E-state index contributed by atoms with van der Waals surface area (Å²) in [7, 11) is 0. The fraction of sp³-hybridized carbons (Fsp3) is 0.174. The Morgan fingerprint density at radius 2 is 1.71 bits per heavy atom. The van der Waals surface area contributed by atoms with Crippen molar-refractivity contribution in [1.29, 1.82) is 0 Å². The second-order valence-electron chi connectivity index (χ2n) is 6.18. The number of thiophene rings is 1. The van der Waals surface area contributed by atoms with E-state index in [4.69, 9.17) is 0 Å². The summed E-state index contributed by atoms with van der Waals surface area (Å²) in [4.78, 5) is 6.17. The molecule has 0 amide bonds. The van der Waals surface area contributed by atoms with Crippen LogP contribution in [0.5, 0.6) is 0 Å². The number of hydrogen-bond donors (Lipinski definition) is 0. The van der Waals surface area contributed by atoms with E-state index in [-0.39, 0.29) is 11.3 Å². The highest BCUT2D eigenvalue weighted by atomic mass is 32.1. The summed E-state index contributed by atoms with van der Waals surface area (Å²) in [5, 5.41) is 2.09. The third-order valence-electron chi connectivity index (χ3n) is 4.14. The number of nitrogens with zero attached hydrogens (tertiary/aromatic N) is 1. The van der Waals surface area contributed by atoms with Crippen LogP contribution in [-0.2, 0) is 6.42 Å². The molecule has 3 rings (SSSR count). The van der Waals surface area contributed by atoms with E-state index in [2.05, 4.69) is 53.3 Å². The van der Waals surface area contributed by atoms with Crippen molar-refractivity contribution < 1.29 is 8.78 Å². The Morgan fingerprint density at radius 1 is 1.00 bits per heavy atom. The number of hydrogen-bond acceptors (Lipinski definition) is 3. The zero-order valence-electron chi connectivity index (χ0n) is 15.3. The maximum atomic E-state index is 14.1. The van der Waals surface area contributed by atoms with E-state index in [1.807, 2.05) is 24.3 Å². The van der Waals surface area contributed by atoms with Gasteiger partial charge in [0.1, 0.15) is 11.6 Å². The van der Waals surface area contributed by atoms with Crippen LogP contribution in [0, 0.1) is 23.5 Å². The van der Waals surface area contributed by atoms with Gasteiger partial charge in [0, 0.05) is 27.5 Å². The number of thiocarbonyl (C=S) groups is 1. The van der Waals surface area contributed by atoms with Crippen LogP contribution in [0.25, 0.3) is 10.4 Å². The smallest absolute Gasteiger partial charge is 0.143 e. The van der Waals surface area contributed by atoms with Gasteiger partial charge in [0.15, 0.2) is 0 Å². The van der Waals surface area contributed by atoms with Gasteiger partial charge in [0.25, 0.3) is 0 Å². The van der Waals surface area contributed by atoms with E-state index in [0.29, 0.717) is 5.56 Å². The molecule has 0 radical (unpaired) electrons. The monoisotopic (exact) mass is 409 g/mol. The Labute approximate surface area is 172 Å². The number of rotatable bonds is 5. The topological polar surface area (TPSA) is 12.4 Å². The summed E-state index contributed by atoms with van der Waals surface area (Å²) >= 11 is 6.24. The first-order chi connectivity index (χ1) is 13.6. The van der Waals surface area contributed by atoms with Gasteiger partial charge in [0.2, 0.25) is 0 Å². The lowest BCUT2D eigenvalue weighted by atomic mass is 10.1. The van der Waals surface area contributed by atoms with Gasteiger partial charge in [-0.2, -0.15) is 4.99 Å². The fourth-order valence-electron chi connectivity index (χ4n) is 2.67. The van der Waals surface area contributed by atoms with Crippen LogP contribution >= 0.6 is 23.6 Å². The van der Waals surface area contributed by atoms with Gasteiger partial charge in [-0.05, 0) is 54.9 Å². The molecule has 28 heavy (non-hydrogen) atoms. The SMILES string of the molecule is CCCCc1ccc(-c2ccc(C#Cc3c(F)cc(N=C=S)cc3F)cc2)s1. The molecule has 0 aliphatic rings. The molecule has 2 aromatic carbocycles. The molecular formula is C23H17F2NS2. The molecule has 1 heterocycles. The summed E-state index contributed by atoms with van der Waals surface area (Å²) in [6, 6.07) is 14.1. The van der Waals surface area contributed by atoms with Crippen LogP contribution in [0.1, 0.15) is 35.8 Å². The molecule has 5 heteroatoms. The van der Waals surface area contributed by atoms with Crippen LogP contribution in [0.2, 0.25) is 0 Å². The molecule has 0 saturated heterocycles. The van der Waals surface area contributed by atoms with Crippen molar-refractivity contribution in [3.05, 3.63) is 76.2 Å². The quantitative estimate of drug-likeness (QED) is 0.247. The number of isothiocyanates is 1. The highest BCUT2D eigenvalue weighted by Crippen LogP contribution is 2.29. The van der Waals surface area contributed by atoms with E-state index in [0.717, 1.165) is 24.1 Å². The van der Waals surface area contributed by atoms with Crippen LogP contribution in [0.4, 0.5) is 14.5 Å². The Hall–Kier alpha value is -2.64. The summed E-state index contributed by atoms with van der Waals surface area (Å²) in [5.41, 5.74) is 1.59. The second kappa shape index (κ2) is 9.52. The zero-order chi connectivity index (χ0) is 19.9. The van der Waals surface area contributed by atoms with Crippen molar-refractivity contribution >= 4 is 34.4 Å². The normalized spacial score (nSPS) is 10.1. The van der Waals surface area contributed by atoms with E-state index in [1.165, 1.54) is 22.6 Å². The Kier molecular flexibility index (Phi) is 6.84. The average molecular weight is 410 g/mol. The zero-order valence-corrected chi connectivity index (χ0v) is 16.9. The number of unbranched alkanes of at least 4 members (excludes halogenated alkanes) is 1. The first kappa shape index (κ1) is 20.1. The first-order valence-corrected chi connectivity index (χ1v) is 10.1. The lowest BCUT2D eigenvalue weighted by molar-refractivity contribution is 0.578. The minimum atomic E-state index is -0.772. The molecule has 0 fully saturated rings. The largest absolute Gasteiger partial charge is 0.205 e. The van der Waals surface area contributed by atoms with E-state index < -0.39 is 11.6 Å². The van der Waals surface area contributed by atoms with Crippen molar-refractivity contribution in [3.8, 4) is 22.3 Å². The number of halogens is 2. The third kappa shape index (κ3) is 4.99. The number of aryl methyl sites for hydroxylation is 1. The minimum absolute atomic E-state index is 0.0779. The summed E-state index contributed by atoms with van der Waals surface area (Å²) in [5.74, 6) is 3.84. The van der Waals surface area contributed by atoms with Crippen molar-refractivity contribution in [1.82, 2.24) is 0 Å². The van der Waals surface area contributed by atoms with Gasteiger partial charge >= 0.3 is 0 Å². The maximum absolute atomic E-state index is 14.1. The van der Waals surface area contributed by atoms with Crippen molar-refractivity contribution in [2.24, 2.45) is 4.99 Å². The first-order valence-electron chi connectivity index (χ1n) is 8.88. The Bertz CT molecular complexity index is 1060. The Morgan fingerprint density at radius 3 is 2.36 bits per heavy atom. The molecule has 140 valence electrons. The van der Waals surface area contributed by atoms with Gasteiger partial charge < -0.3 is 0 Å². The van der Waals surface area contributed by atoms with E-state index >= 15 is 0 Å². The van der Waals surface area contributed by atoms with Gasteiger partial charge in [0.05, 0.1) is 16.4 Å². The number of aliphatic imine (C=N–C) groups is 1. The molecule has 1 nitrogen and oxygen atoms in total. The highest BCUT2D eigenvalue weighted by molar-refractivity contribution is 7.78. The summed E-state index contributed by atoms with van der Waals surface area (Å²) in [6.07, 6.45) is 3.49. The van der Waals surface area contributed by atoms with Crippen LogP contribution in [-0.4, -0.2) is 5.16 Å². The molecular weight excluding hydrogens is 392 g/mol. The summed E-state index contributed by atoms with van der Waals surface area (Å²) < 4.78 is 28.1. The van der Waals surface area contributed by atoms with Gasteiger partial charge in [-0.3, -0.25) is 0 Å². The molecule has 0 bridgehead atoms. The molecule has 3 aromatic rings. The van der Waals surface area contributed by atoms with Gasteiger partial charge in [-0.1, -0.05) is 37.3 Å². The van der Waals surface area contributed by atoms with Crippen molar-refractivity contribution in [2.75, 3.05) is 0 Å². The van der Waals surface area contributed by atoms with Crippen LogP contribution in [0.3, 0.4) is 0 Å². The van der Waals surface area contributed by atoms with Crippen molar-refractivity contribution in [2.45, 2.75) is 26.2 Å². The second-order valence-corrected chi connectivity index (χ2v) is 7.54. The molecule has 0 unspecified atom stereocenters. The van der Waals surface area contributed by atoms with Crippen LogP contribution < -0.4 is 0 Å². The predicted molar refractivity (Wildman–Crippen MR) is 115 cm³/mol. The minimum Gasteiger partial charge on any atom is -0.205 e. The third-order valence-corrected chi connectivity index (χ3v) is 5.43. The molecule has 0 aliphatic heterocycles. The predicted octanol–water partition coefficient (Wildman–Crippen LogP) is 7.17. The maximum Gasteiger partial charge on any atom is 0.143 e. The molecule has 0 spiro atoms. The lowest BCUT2D eigenvalue weighted by Crippen LogP contribution is -1.90. The fourth-order valence-corrected chi connectivity index (χ4v) is 3.83. The average Bonchev–Trinajstić information content (AvgIpc) is 3.15. The van der Waals surface area contributed by atoms with E-state index in [9.17, 15) is 8.78 Å². The molecule has 0 saturated carbocycles. The standard InChI is InChI=1S/C23H17F2NS2/c1-2-3-4-19-10-12-23(28-19)17-8-5-16(6-9-17)7-11-20-21(24)13-18(26-15-27)14-22(20)25/h5-6,8-10,12-14H,2-4H2,1H3. The van der Waals surface area contributed by atoms with Gasteiger partial charge in [-0.25, -0.2) is 8.78 Å². The van der Waals surface area contributed by atoms with Crippen molar-refractivity contribution in [3.63, 3.8) is 0 Å². The van der Waals surface area contributed by atoms with Crippen LogP contribution in [0.15, 0.2) is 53.5 Å². The van der Waals surface area contributed by atoms with E-state index in [1.54, 1.807) is 11.3 Å². The molecule has 0 atom stereocenters. The van der Waals surface area contributed by atoms with Gasteiger partial charge in [-0.15, -0.1) is 11.3 Å². The number of benzene rings is 2.